The van der Waals surface area contributed by atoms with Crippen molar-refractivity contribution in [3.63, 3.8) is 0 Å². The van der Waals surface area contributed by atoms with Gasteiger partial charge in [-0.3, -0.25) is 4.79 Å². The zero-order valence-electron chi connectivity index (χ0n) is 8.05. The van der Waals surface area contributed by atoms with Gasteiger partial charge in [0, 0.05) is 12.0 Å². The molecule has 0 spiro atoms. The summed E-state index contributed by atoms with van der Waals surface area (Å²) < 4.78 is 5.28. The van der Waals surface area contributed by atoms with E-state index < -0.39 is 0 Å². The van der Waals surface area contributed by atoms with Gasteiger partial charge >= 0.3 is 21.7 Å². The summed E-state index contributed by atoms with van der Waals surface area (Å²) in [5, 5.41) is 0. The predicted octanol–water partition coefficient (Wildman–Crippen LogP) is -10.6. The van der Waals surface area contributed by atoms with Crippen LogP contribution in [0.15, 0.2) is 18.2 Å². The molecule has 0 aliphatic carbocycles. The topological polar surface area (TPSA) is 26.3 Å². The molecule has 0 radical (unpaired) electrons. The van der Waals surface area contributed by atoms with Crippen molar-refractivity contribution in [1.82, 2.24) is 0 Å². The summed E-state index contributed by atoms with van der Waals surface area (Å²) in [6.45, 7) is 0.748. The van der Waals surface area contributed by atoms with Gasteiger partial charge in [-0.2, -0.15) is 0 Å². The average Bonchev–Trinajstić information content (AvgIpc) is 2.50. The van der Waals surface area contributed by atoms with E-state index in [1.165, 1.54) is 0 Å². The number of carbonyl (C=O) groups excluding carboxylic acids is 1. The third-order valence-electron chi connectivity index (χ3n) is 1.85. The van der Waals surface area contributed by atoms with Crippen LogP contribution >= 0.6 is 0 Å². The summed E-state index contributed by atoms with van der Waals surface area (Å²) in [7, 11) is 0. The summed E-state index contributed by atoms with van der Waals surface area (Å²) in [6, 6.07) is 5.51. The SMILES string of the molecule is O=Cc1ccc2c(c1)CCO2.[Cl-].[Cl-].[Cl-].[Cl-].[Ti+4]. The second kappa shape index (κ2) is 12.0. The molecule has 16 heavy (non-hydrogen) atoms. The fourth-order valence-electron chi connectivity index (χ4n) is 1.28. The van der Waals surface area contributed by atoms with Crippen LogP contribution in [0.5, 0.6) is 5.75 Å². The van der Waals surface area contributed by atoms with Crippen LogP contribution in [0.25, 0.3) is 0 Å². The van der Waals surface area contributed by atoms with Gasteiger partial charge in [0.15, 0.2) is 0 Å². The molecular formula is C9H8Cl4O2Ti. The molecule has 0 N–H and O–H groups in total. The molecule has 1 aliphatic rings. The van der Waals surface area contributed by atoms with Gasteiger partial charge in [0.05, 0.1) is 6.61 Å². The fourth-order valence-corrected chi connectivity index (χ4v) is 1.28. The largest absolute Gasteiger partial charge is 4.00 e. The van der Waals surface area contributed by atoms with Gasteiger partial charge in [-0.15, -0.1) is 0 Å². The van der Waals surface area contributed by atoms with Crippen LogP contribution in [0.3, 0.4) is 0 Å². The minimum absolute atomic E-state index is 0. The molecule has 7 heteroatoms. The van der Waals surface area contributed by atoms with Gasteiger partial charge in [-0.1, -0.05) is 0 Å². The number of rotatable bonds is 1. The molecule has 0 saturated carbocycles. The van der Waals surface area contributed by atoms with Crippen molar-refractivity contribution in [2.45, 2.75) is 6.42 Å². The minimum atomic E-state index is 0. The number of halogens is 4. The summed E-state index contributed by atoms with van der Waals surface area (Å²) in [4.78, 5) is 10.4. The van der Waals surface area contributed by atoms with Crippen LogP contribution in [-0.2, 0) is 28.1 Å². The molecule has 0 atom stereocenters. The molecule has 2 rings (SSSR count). The Morgan fingerprint density at radius 1 is 1.12 bits per heavy atom. The first kappa shape index (κ1) is 25.4. The molecule has 88 valence electrons. The van der Waals surface area contributed by atoms with Crippen molar-refractivity contribution in [3.05, 3.63) is 29.3 Å². The van der Waals surface area contributed by atoms with Crippen molar-refractivity contribution >= 4 is 6.29 Å². The maximum Gasteiger partial charge on any atom is 4.00 e. The molecule has 0 unspecified atom stereocenters. The molecular weight excluding hydrogens is 330 g/mol. The van der Waals surface area contributed by atoms with Crippen molar-refractivity contribution in [1.29, 1.82) is 0 Å². The number of carbonyl (C=O) groups is 1. The van der Waals surface area contributed by atoms with Crippen LogP contribution in [0.4, 0.5) is 0 Å². The van der Waals surface area contributed by atoms with Crippen LogP contribution in [0.1, 0.15) is 15.9 Å². The first-order valence-corrected chi connectivity index (χ1v) is 3.61. The number of aldehydes is 1. The van der Waals surface area contributed by atoms with E-state index in [1.807, 2.05) is 12.1 Å². The van der Waals surface area contributed by atoms with Crippen molar-refractivity contribution in [2.75, 3.05) is 6.61 Å². The van der Waals surface area contributed by atoms with E-state index >= 15 is 0 Å². The molecule has 1 heterocycles. The Hall–Kier alpha value is 0.564. The summed E-state index contributed by atoms with van der Waals surface area (Å²) >= 11 is 0. The Balaban J connectivity index is -0.000000144. The van der Waals surface area contributed by atoms with Crippen molar-refractivity contribution < 1.29 is 80.9 Å². The van der Waals surface area contributed by atoms with Crippen LogP contribution in [0.2, 0.25) is 0 Å². The Kier molecular flexibility index (Phi) is 19.1. The molecule has 2 nitrogen and oxygen atoms in total. The predicted molar refractivity (Wildman–Crippen MR) is 41.0 cm³/mol. The van der Waals surface area contributed by atoms with Gasteiger partial charge in [-0.25, -0.2) is 0 Å². The monoisotopic (exact) mass is 336 g/mol. The second-order valence-corrected chi connectivity index (χ2v) is 2.58. The van der Waals surface area contributed by atoms with Crippen LogP contribution in [-0.4, -0.2) is 12.9 Å². The Morgan fingerprint density at radius 2 is 1.75 bits per heavy atom. The van der Waals surface area contributed by atoms with E-state index in [0.29, 0.717) is 0 Å². The average molecular weight is 338 g/mol. The Morgan fingerprint density at radius 3 is 2.31 bits per heavy atom. The number of hydrogen-bond donors (Lipinski definition) is 0. The minimum Gasteiger partial charge on any atom is -1.00 e. The molecule has 0 saturated heterocycles. The molecule has 1 aromatic carbocycles. The fraction of sp³-hybridized carbons (Fsp3) is 0.222. The molecule has 0 fully saturated rings. The molecule has 0 amide bonds. The van der Waals surface area contributed by atoms with Gasteiger partial charge < -0.3 is 54.4 Å². The van der Waals surface area contributed by atoms with Crippen LogP contribution < -0.4 is 54.4 Å². The van der Waals surface area contributed by atoms with Crippen molar-refractivity contribution in [3.8, 4) is 5.75 Å². The molecule has 0 bridgehead atoms. The Bertz CT molecular complexity index is 310. The van der Waals surface area contributed by atoms with E-state index in [9.17, 15) is 4.79 Å². The number of fused-ring (bicyclic) bond motifs is 1. The van der Waals surface area contributed by atoms with Gasteiger partial charge in [-0.05, 0) is 23.8 Å². The van der Waals surface area contributed by atoms with Crippen molar-refractivity contribution in [2.24, 2.45) is 0 Å². The maximum absolute atomic E-state index is 10.4. The quantitative estimate of drug-likeness (QED) is 0.376. The normalized spacial score (nSPS) is 9.50. The van der Waals surface area contributed by atoms with E-state index in [0.717, 1.165) is 36.2 Å². The van der Waals surface area contributed by atoms with E-state index in [4.69, 9.17) is 4.74 Å². The maximum atomic E-state index is 10.4. The first-order valence-electron chi connectivity index (χ1n) is 3.61. The third-order valence-corrected chi connectivity index (χ3v) is 1.85. The summed E-state index contributed by atoms with van der Waals surface area (Å²) in [5.41, 5.74) is 1.88. The zero-order valence-corrected chi connectivity index (χ0v) is 12.6. The number of hydrogen-bond acceptors (Lipinski definition) is 2. The second-order valence-electron chi connectivity index (χ2n) is 2.58. The standard InChI is InChI=1S/C9H8O2.4ClH.Ti/c10-6-7-1-2-9-8(5-7)3-4-11-9;;;;;/h1-2,5-6H,3-4H2;4*1H;/q;;;;;+4/p-4. The molecule has 1 aromatic rings. The van der Waals surface area contributed by atoms with E-state index in [1.54, 1.807) is 6.07 Å². The summed E-state index contributed by atoms with van der Waals surface area (Å²) in [5.74, 6) is 0.926. The van der Waals surface area contributed by atoms with E-state index in [2.05, 4.69) is 0 Å². The first-order chi connectivity index (χ1) is 5.40. The number of benzene rings is 1. The van der Waals surface area contributed by atoms with Gasteiger partial charge in [0.2, 0.25) is 0 Å². The van der Waals surface area contributed by atoms with E-state index in [-0.39, 0.29) is 71.3 Å². The summed E-state index contributed by atoms with van der Waals surface area (Å²) in [6.07, 6.45) is 1.79. The van der Waals surface area contributed by atoms with Gasteiger partial charge in [0.25, 0.3) is 0 Å². The molecule has 0 aromatic heterocycles. The molecule has 1 aliphatic heterocycles. The van der Waals surface area contributed by atoms with Gasteiger partial charge in [0.1, 0.15) is 12.0 Å². The van der Waals surface area contributed by atoms with Crippen LogP contribution in [0, 0.1) is 0 Å². The zero-order chi connectivity index (χ0) is 7.68. The smallest absolute Gasteiger partial charge is 1.00 e. The Labute approximate surface area is 134 Å². The third kappa shape index (κ3) is 5.76. The number of ether oxygens (including phenoxy) is 1.